The van der Waals surface area contributed by atoms with E-state index >= 15 is 0 Å². The molecule has 116 valence electrons. The largest absolute Gasteiger partial charge is 0.491 e. The first kappa shape index (κ1) is 16.9. The van der Waals surface area contributed by atoms with Gasteiger partial charge in [0.1, 0.15) is 12.4 Å². The average Bonchev–Trinajstić information content (AvgIpc) is 2.46. The number of carbonyl (C=O) groups excluding carboxylic acids is 1. The third kappa shape index (κ3) is 6.73. The molecule has 0 aliphatic rings. The summed E-state index contributed by atoms with van der Waals surface area (Å²) in [4.78, 5) is 22.2. The van der Waals surface area contributed by atoms with Gasteiger partial charge >= 0.3 is 5.97 Å². The molecule has 21 heavy (non-hydrogen) atoms. The molecule has 1 unspecified atom stereocenters. The molecule has 1 aromatic rings. The van der Waals surface area contributed by atoms with E-state index in [0.717, 1.165) is 0 Å². The van der Waals surface area contributed by atoms with Crippen LogP contribution in [0.3, 0.4) is 0 Å². The Hall–Kier alpha value is -2.12. The van der Waals surface area contributed by atoms with E-state index in [1.807, 2.05) is 0 Å². The fourth-order valence-electron chi connectivity index (χ4n) is 1.52. The molecule has 0 spiro atoms. The van der Waals surface area contributed by atoms with Crippen molar-refractivity contribution in [2.75, 3.05) is 25.6 Å². The highest BCUT2D eigenvalue weighted by Gasteiger charge is 2.14. The normalized spacial score (nSPS) is 11.7. The molecule has 7 nitrogen and oxygen atoms in total. The number of rotatable bonds is 9. The van der Waals surface area contributed by atoms with Crippen LogP contribution in [0.2, 0.25) is 0 Å². The summed E-state index contributed by atoms with van der Waals surface area (Å²) < 4.78 is 10.3. The van der Waals surface area contributed by atoms with E-state index in [0.29, 0.717) is 24.7 Å². The van der Waals surface area contributed by atoms with Gasteiger partial charge in [0.05, 0.1) is 12.6 Å². The lowest BCUT2D eigenvalue weighted by Crippen LogP contribution is -2.36. The first-order valence-electron chi connectivity index (χ1n) is 6.53. The summed E-state index contributed by atoms with van der Waals surface area (Å²) >= 11 is 0. The number of carbonyl (C=O) groups is 2. The SMILES string of the molecule is COCCOc1ccc(NC(=O)C(N)CCC(=O)O)cc1. The Morgan fingerprint density at radius 1 is 1.29 bits per heavy atom. The fraction of sp³-hybridized carbons (Fsp3) is 0.429. The fourth-order valence-corrected chi connectivity index (χ4v) is 1.52. The second kappa shape index (κ2) is 8.93. The molecule has 7 heteroatoms. The number of nitrogens with two attached hydrogens (primary N) is 1. The van der Waals surface area contributed by atoms with Gasteiger partial charge in [-0.1, -0.05) is 0 Å². The molecule has 0 fully saturated rings. The Bertz CT molecular complexity index is 461. The zero-order valence-electron chi connectivity index (χ0n) is 11.9. The maximum atomic E-state index is 11.7. The summed E-state index contributed by atoms with van der Waals surface area (Å²) in [5, 5.41) is 11.2. The molecular weight excluding hydrogens is 276 g/mol. The van der Waals surface area contributed by atoms with E-state index in [2.05, 4.69) is 5.32 Å². The lowest BCUT2D eigenvalue weighted by atomic mass is 10.1. The van der Waals surface area contributed by atoms with E-state index in [1.165, 1.54) is 0 Å². The Labute approximate surface area is 123 Å². The van der Waals surface area contributed by atoms with Gasteiger partial charge in [-0.3, -0.25) is 9.59 Å². The molecule has 4 N–H and O–H groups in total. The van der Waals surface area contributed by atoms with Gasteiger partial charge in [-0.2, -0.15) is 0 Å². The van der Waals surface area contributed by atoms with Crippen molar-refractivity contribution in [3.8, 4) is 5.75 Å². The van der Waals surface area contributed by atoms with E-state index in [-0.39, 0.29) is 12.8 Å². The van der Waals surface area contributed by atoms with Crippen LogP contribution >= 0.6 is 0 Å². The molecular formula is C14H20N2O5. The Morgan fingerprint density at radius 3 is 2.52 bits per heavy atom. The summed E-state index contributed by atoms with van der Waals surface area (Å²) in [6, 6.07) is 5.95. The van der Waals surface area contributed by atoms with E-state index in [4.69, 9.17) is 20.3 Å². The predicted octanol–water partition coefficient (Wildman–Crippen LogP) is 0.842. The van der Waals surface area contributed by atoms with Crippen molar-refractivity contribution in [2.24, 2.45) is 5.73 Å². The maximum Gasteiger partial charge on any atom is 0.303 e. The van der Waals surface area contributed by atoms with Crippen molar-refractivity contribution in [2.45, 2.75) is 18.9 Å². The van der Waals surface area contributed by atoms with Gasteiger partial charge in [0, 0.05) is 19.2 Å². The van der Waals surface area contributed by atoms with Gasteiger partial charge in [0.15, 0.2) is 0 Å². The van der Waals surface area contributed by atoms with Gasteiger partial charge in [-0.05, 0) is 30.7 Å². The summed E-state index contributed by atoms with van der Waals surface area (Å²) in [5.74, 6) is -0.722. The molecule has 0 aliphatic heterocycles. The van der Waals surface area contributed by atoms with Gasteiger partial charge in [0.2, 0.25) is 5.91 Å². The number of aliphatic carboxylic acids is 1. The molecule has 0 aromatic heterocycles. The quantitative estimate of drug-likeness (QED) is 0.582. The van der Waals surface area contributed by atoms with Crippen molar-refractivity contribution in [1.29, 1.82) is 0 Å². The van der Waals surface area contributed by atoms with E-state index < -0.39 is 17.9 Å². The molecule has 0 radical (unpaired) electrons. The zero-order valence-corrected chi connectivity index (χ0v) is 11.9. The van der Waals surface area contributed by atoms with Crippen LogP contribution in [0.15, 0.2) is 24.3 Å². The van der Waals surface area contributed by atoms with Crippen molar-refractivity contribution >= 4 is 17.6 Å². The highest BCUT2D eigenvalue weighted by Crippen LogP contribution is 2.16. The maximum absolute atomic E-state index is 11.7. The number of nitrogens with one attached hydrogen (secondary N) is 1. The topological polar surface area (TPSA) is 111 Å². The lowest BCUT2D eigenvalue weighted by Gasteiger charge is -2.12. The zero-order chi connectivity index (χ0) is 15.7. The van der Waals surface area contributed by atoms with Crippen molar-refractivity contribution in [1.82, 2.24) is 0 Å². The Morgan fingerprint density at radius 2 is 1.95 bits per heavy atom. The number of carboxylic acid groups (broad SMARTS) is 1. The molecule has 1 rings (SSSR count). The molecule has 0 bridgehead atoms. The van der Waals surface area contributed by atoms with Crippen LogP contribution in [-0.2, 0) is 14.3 Å². The molecule has 0 saturated heterocycles. The lowest BCUT2D eigenvalue weighted by molar-refractivity contribution is -0.137. The van der Waals surface area contributed by atoms with Gasteiger partial charge in [-0.15, -0.1) is 0 Å². The number of ether oxygens (including phenoxy) is 2. The van der Waals surface area contributed by atoms with E-state index in [9.17, 15) is 9.59 Å². The third-order valence-corrected chi connectivity index (χ3v) is 2.68. The van der Waals surface area contributed by atoms with Crippen molar-refractivity contribution in [3.05, 3.63) is 24.3 Å². The Kier molecular flexibility index (Phi) is 7.20. The minimum Gasteiger partial charge on any atom is -0.491 e. The van der Waals surface area contributed by atoms with Gasteiger partial charge in [-0.25, -0.2) is 0 Å². The van der Waals surface area contributed by atoms with Gasteiger partial charge < -0.3 is 25.6 Å². The number of hydrogen-bond acceptors (Lipinski definition) is 5. The molecule has 1 aromatic carbocycles. The summed E-state index contributed by atoms with van der Waals surface area (Å²) in [6.45, 7) is 0.944. The number of amides is 1. The minimum atomic E-state index is -0.976. The van der Waals surface area contributed by atoms with Crippen LogP contribution in [0.25, 0.3) is 0 Å². The average molecular weight is 296 g/mol. The number of benzene rings is 1. The predicted molar refractivity (Wildman–Crippen MR) is 77.3 cm³/mol. The number of anilines is 1. The second-order valence-electron chi connectivity index (χ2n) is 4.39. The van der Waals surface area contributed by atoms with Crippen LogP contribution in [0, 0.1) is 0 Å². The minimum absolute atomic E-state index is 0.0966. The van der Waals surface area contributed by atoms with Crippen molar-refractivity contribution < 1.29 is 24.2 Å². The first-order chi connectivity index (χ1) is 10.0. The second-order valence-corrected chi connectivity index (χ2v) is 4.39. The van der Waals surface area contributed by atoms with Gasteiger partial charge in [0.25, 0.3) is 0 Å². The smallest absolute Gasteiger partial charge is 0.303 e. The Balaban J connectivity index is 2.43. The molecule has 0 saturated carbocycles. The molecule has 0 heterocycles. The summed E-state index contributed by atoms with van der Waals surface area (Å²) in [5.41, 5.74) is 6.18. The van der Waals surface area contributed by atoms with Crippen LogP contribution in [0.5, 0.6) is 5.75 Å². The molecule has 1 atom stereocenters. The highest BCUT2D eigenvalue weighted by atomic mass is 16.5. The van der Waals surface area contributed by atoms with Crippen LogP contribution in [0.4, 0.5) is 5.69 Å². The third-order valence-electron chi connectivity index (χ3n) is 2.68. The molecule has 0 aliphatic carbocycles. The summed E-state index contributed by atoms with van der Waals surface area (Å²) in [7, 11) is 1.59. The number of methoxy groups -OCH3 is 1. The first-order valence-corrected chi connectivity index (χ1v) is 6.53. The number of hydrogen-bond donors (Lipinski definition) is 3. The number of carboxylic acids is 1. The van der Waals surface area contributed by atoms with Crippen LogP contribution < -0.4 is 15.8 Å². The van der Waals surface area contributed by atoms with Crippen LogP contribution in [-0.4, -0.2) is 43.3 Å². The van der Waals surface area contributed by atoms with E-state index in [1.54, 1.807) is 31.4 Å². The van der Waals surface area contributed by atoms with Crippen molar-refractivity contribution in [3.63, 3.8) is 0 Å². The standard InChI is InChI=1S/C14H20N2O5/c1-20-8-9-21-11-4-2-10(3-5-11)16-14(19)12(15)6-7-13(17)18/h2-5,12H,6-9,15H2,1H3,(H,16,19)(H,17,18). The van der Waals surface area contributed by atoms with Crippen LogP contribution in [0.1, 0.15) is 12.8 Å². The molecule has 1 amide bonds. The monoisotopic (exact) mass is 296 g/mol. The summed E-state index contributed by atoms with van der Waals surface area (Å²) in [6.07, 6.45) is -0.0414. The highest BCUT2D eigenvalue weighted by molar-refractivity contribution is 5.94.